The van der Waals surface area contributed by atoms with Gasteiger partial charge in [-0.15, -0.1) is 0 Å². The first-order valence-electron chi connectivity index (χ1n) is 14.5. The number of para-hydroxylation sites is 4. The van der Waals surface area contributed by atoms with E-state index in [9.17, 15) is 0 Å². The van der Waals surface area contributed by atoms with Crippen molar-refractivity contribution in [1.82, 2.24) is 16.9 Å². The van der Waals surface area contributed by atoms with E-state index in [0.717, 1.165) is 0 Å². The normalized spacial score (nSPS) is 14.5. The standard InChI is InChI=1S/C36H28N4Si/c1-21-25-13-5-9-17-29(25)37-33(21)34-22(2)26-14-6-10-18-30(26)38(34)41(37)39-31-19-11-7-15-27(31)23(3)35(39)36-24(4)28-16-8-12-20-32(28)40(36)41/h5-20H,1-4H3. The van der Waals surface area contributed by atoms with Crippen LogP contribution in [0.15, 0.2) is 97.1 Å². The van der Waals surface area contributed by atoms with Crippen LogP contribution in [0.5, 0.6) is 0 Å². The predicted octanol–water partition coefficient (Wildman–Crippen LogP) is 8.63. The molecule has 0 N–H and O–H groups in total. The topological polar surface area (TPSA) is 19.7 Å². The Morgan fingerprint density at radius 2 is 0.561 bits per heavy atom. The fraction of sp³-hybridized carbons (Fsp3) is 0.111. The van der Waals surface area contributed by atoms with E-state index in [1.807, 2.05) is 0 Å². The van der Waals surface area contributed by atoms with E-state index >= 15 is 0 Å². The van der Waals surface area contributed by atoms with Gasteiger partial charge in [0.1, 0.15) is 0 Å². The summed E-state index contributed by atoms with van der Waals surface area (Å²) in [5, 5.41) is 5.39. The highest BCUT2D eigenvalue weighted by Gasteiger charge is 2.61. The zero-order chi connectivity index (χ0) is 27.4. The Morgan fingerprint density at radius 3 is 0.805 bits per heavy atom. The second-order valence-electron chi connectivity index (χ2n) is 11.9. The van der Waals surface area contributed by atoms with Gasteiger partial charge in [0.05, 0.1) is 22.8 Å². The van der Waals surface area contributed by atoms with Gasteiger partial charge in [-0.2, -0.15) is 0 Å². The van der Waals surface area contributed by atoms with Crippen LogP contribution in [0.4, 0.5) is 0 Å². The lowest BCUT2D eigenvalue weighted by atomic mass is 10.1. The SMILES string of the molecule is Cc1c2n(c3ccccc13)[Si]1(n3c-2c(C)c2ccccc23)n2c(c(C)c3ccccc32)-c2c(C)c3ccccc3n21. The molecule has 5 heteroatoms. The molecule has 4 aromatic heterocycles. The van der Waals surface area contributed by atoms with Crippen molar-refractivity contribution in [1.29, 1.82) is 0 Å². The summed E-state index contributed by atoms with van der Waals surface area (Å²) in [7, 11) is -3.06. The minimum atomic E-state index is -3.06. The van der Waals surface area contributed by atoms with E-state index in [1.165, 1.54) is 88.6 Å². The van der Waals surface area contributed by atoms with Gasteiger partial charge in [0.15, 0.2) is 0 Å². The second kappa shape index (κ2) is 6.93. The van der Waals surface area contributed by atoms with Gasteiger partial charge in [0, 0.05) is 43.6 Å². The monoisotopic (exact) mass is 544 g/mol. The number of hydrogen-bond donors (Lipinski definition) is 0. The number of fused-ring (bicyclic) bond motifs is 18. The predicted molar refractivity (Wildman–Crippen MR) is 172 cm³/mol. The van der Waals surface area contributed by atoms with Crippen molar-refractivity contribution >= 4 is 52.3 Å². The third-order valence-electron chi connectivity index (χ3n) is 10.2. The van der Waals surface area contributed by atoms with Crippen LogP contribution in [0.25, 0.3) is 66.4 Å². The molecule has 1 spiro atoms. The lowest BCUT2D eigenvalue weighted by molar-refractivity contribution is 0.959. The number of aromatic nitrogens is 4. The van der Waals surface area contributed by atoms with Gasteiger partial charge in [-0.05, 0) is 74.2 Å². The highest BCUT2D eigenvalue weighted by molar-refractivity contribution is 6.81. The van der Waals surface area contributed by atoms with Crippen molar-refractivity contribution in [3.05, 3.63) is 119 Å². The van der Waals surface area contributed by atoms with Gasteiger partial charge in [0.2, 0.25) is 0 Å². The lowest BCUT2D eigenvalue weighted by Gasteiger charge is -2.32. The molecule has 0 amide bonds. The van der Waals surface area contributed by atoms with Crippen molar-refractivity contribution in [2.24, 2.45) is 0 Å². The summed E-state index contributed by atoms with van der Waals surface area (Å²) in [5.41, 5.74) is 16.3. The molecule has 10 rings (SSSR count). The van der Waals surface area contributed by atoms with E-state index in [-0.39, 0.29) is 0 Å². The van der Waals surface area contributed by atoms with Crippen molar-refractivity contribution in [2.45, 2.75) is 27.7 Å². The van der Waals surface area contributed by atoms with Crippen LogP contribution in [-0.2, 0) is 0 Å². The Hall–Kier alpha value is -4.74. The zero-order valence-corrected chi connectivity index (χ0v) is 24.5. The maximum Gasteiger partial charge on any atom is 0.522 e. The molecule has 4 aromatic carbocycles. The molecule has 41 heavy (non-hydrogen) atoms. The summed E-state index contributed by atoms with van der Waals surface area (Å²) in [5.74, 6) is 0. The summed E-state index contributed by atoms with van der Waals surface area (Å²) < 4.78 is 11.2. The van der Waals surface area contributed by atoms with Crippen LogP contribution in [0.2, 0.25) is 0 Å². The van der Waals surface area contributed by atoms with Crippen LogP contribution in [0, 0.1) is 27.7 Å². The van der Waals surface area contributed by atoms with E-state index in [1.54, 1.807) is 0 Å². The third-order valence-corrected chi connectivity index (χ3v) is 14.4. The molecule has 0 saturated heterocycles. The molecule has 196 valence electrons. The molecule has 0 radical (unpaired) electrons. The van der Waals surface area contributed by atoms with Crippen LogP contribution in [0.3, 0.4) is 0 Å². The zero-order valence-electron chi connectivity index (χ0n) is 23.5. The number of rotatable bonds is 0. The van der Waals surface area contributed by atoms with Gasteiger partial charge < -0.3 is 16.9 Å². The fourth-order valence-corrected chi connectivity index (χ4v) is 14.2. The van der Waals surface area contributed by atoms with Crippen molar-refractivity contribution in [3.8, 4) is 22.8 Å². The summed E-state index contributed by atoms with van der Waals surface area (Å²) in [6, 6.07) is 36.3. The fourth-order valence-electron chi connectivity index (χ4n) is 8.59. The van der Waals surface area contributed by atoms with Crippen LogP contribution < -0.4 is 0 Å². The summed E-state index contributed by atoms with van der Waals surface area (Å²) in [6.07, 6.45) is 0. The van der Waals surface area contributed by atoms with Gasteiger partial charge in [0.25, 0.3) is 0 Å². The first-order chi connectivity index (χ1) is 20.1. The van der Waals surface area contributed by atoms with E-state index in [2.05, 4.69) is 142 Å². The molecular weight excluding hydrogens is 517 g/mol. The van der Waals surface area contributed by atoms with Crippen LogP contribution in [-0.4, -0.2) is 25.7 Å². The molecule has 2 aliphatic rings. The molecule has 0 aliphatic carbocycles. The number of benzene rings is 4. The van der Waals surface area contributed by atoms with Crippen molar-refractivity contribution < 1.29 is 0 Å². The molecule has 0 saturated carbocycles. The average Bonchev–Trinajstić information content (AvgIpc) is 3.79. The van der Waals surface area contributed by atoms with Gasteiger partial charge in [-0.1, -0.05) is 72.8 Å². The maximum atomic E-state index is 2.80. The number of aryl methyl sites for hydroxylation is 4. The minimum Gasteiger partial charge on any atom is -0.313 e. The molecule has 8 aromatic rings. The van der Waals surface area contributed by atoms with Crippen molar-refractivity contribution in [3.63, 3.8) is 0 Å². The highest BCUT2D eigenvalue weighted by atomic mass is 28.4. The minimum absolute atomic E-state index is 1.32. The first kappa shape index (κ1) is 22.0. The van der Waals surface area contributed by atoms with E-state index in [0.29, 0.717) is 0 Å². The Morgan fingerprint density at radius 1 is 0.341 bits per heavy atom. The third kappa shape index (κ3) is 2.13. The van der Waals surface area contributed by atoms with Crippen LogP contribution in [0.1, 0.15) is 22.3 Å². The number of nitrogens with zero attached hydrogens (tertiary/aromatic N) is 4. The van der Waals surface area contributed by atoms with E-state index < -0.39 is 8.72 Å². The Labute approximate surface area is 238 Å². The molecule has 0 fully saturated rings. The highest BCUT2D eigenvalue weighted by Crippen LogP contribution is 2.55. The molecule has 0 atom stereocenters. The van der Waals surface area contributed by atoms with Crippen molar-refractivity contribution in [2.75, 3.05) is 0 Å². The Kier molecular flexibility index (Phi) is 3.72. The molecular formula is C36H28N4Si. The summed E-state index contributed by atoms with van der Waals surface area (Å²) >= 11 is 0. The Bertz CT molecular complexity index is 2130. The molecule has 6 heterocycles. The summed E-state index contributed by atoms with van der Waals surface area (Å²) in [4.78, 5) is 0. The largest absolute Gasteiger partial charge is 0.522 e. The van der Waals surface area contributed by atoms with Gasteiger partial charge in [-0.3, -0.25) is 0 Å². The quantitative estimate of drug-likeness (QED) is 0.170. The first-order valence-corrected chi connectivity index (χ1v) is 16.3. The molecule has 0 bridgehead atoms. The summed E-state index contributed by atoms with van der Waals surface area (Å²) in [6.45, 7) is 9.32. The van der Waals surface area contributed by atoms with Gasteiger partial charge >= 0.3 is 8.72 Å². The maximum absolute atomic E-state index is 3.06. The van der Waals surface area contributed by atoms with Crippen LogP contribution >= 0.6 is 0 Å². The number of hydrogen-bond acceptors (Lipinski definition) is 0. The molecule has 0 unspecified atom stereocenters. The van der Waals surface area contributed by atoms with Gasteiger partial charge in [-0.25, -0.2) is 0 Å². The Balaban J connectivity index is 1.60. The molecule has 4 nitrogen and oxygen atoms in total. The smallest absolute Gasteiger partial charge is 0.313 e. The van der Waals surface area contributed by atoms with E-state index in [4.69, 9.17) is 0 Å². The molecule has 2 aliphatic heterocycles. The second-order valence-corrected chi connectivity index (χ2v) is 14.9. The lowest BCUT2D eigenvalue weighted by Crippen LogP contribution is -2.59. The average molecular weight is 545 g/mol.